The van der Waals surface area contributed by atoms with Crippen LogP contribution in [0.2, 0.25) is 0 Å². The summed E-state index contributed by atoms with van der Waals surface area (Å²) in [6.07, 6.45) is 6.35. The molecule has 0 aliphatic heterocycles. The third kappa shape index (κ3) is 6.08. The zero-order valence-corrected chi connectivity index (χ0v) is 12.2. The van der Waals surface area contributed by atoms with Gasteiger partial charge in [0.05, 0.1) is 0 Å². The molecule has 2 nitrogen and oxygen atoms in total. The molecule has 0 amide bonds. The van der Waals surface area contributed by atoms with E-state index in [0.29, 0.717) is 12.6 Å². The smallest absolute Gasteiger partial charge is 0.0383 e. The number of hydrogen-bond donors (Lipinski definition) is 2. The normalized spacial score (nSPS) is 12.4. The van der Waals surface area contributed by atoms with E-state index in [2.05, 4.69) is 40.3 Å². The third-order valence-electron chi connectivity index (χ3n) is 2.91. The quantitative estimate of drug-likeness (QED) is 0.707. The van der Waals surface area contributed by atoms with Gasteiger partial charge in [0.1, 0.15) is 0 Å². The number of rotatable bonds is 8. The number of anilines is 1. The maximum atomic E-state index is 5.79. The summed E-state index contributed by atoms with van der Waals surface area (Å²) in [6, 6.07) is 8.66. The predicted octanol–water partition coefficient (Wildman–Crippen LogP) is 4.16. The topological polar surface area (TPSA) is 38.0 Å². The van der Waals surface area contributed by atoms with E-state index in [0.717, 1.165) is 16.6 Å². The van der Waals surface area contributed by atoms with Gasteiger partial charge in [0.25, 0.3) is 0 Å². The summed E-state index contributed by atoms with van der Waals surface area (Å²) in [5, 5.41) is 3.49. The van der Waals surface area contributed by atoms with E-state index in [1.807, 2.05) is 12.1 Å². The Morgan fingerprint density at radius 2 is 1.88 bits per heavy atom. The van der Waals surface area contributed by atoms with Crippen molar-refractivity contribution < 1.29 is 0 Å². The summed E-state index contributed by atoms with van der Waals surface area (Å²) < 4.78 is 1.11. The second-order valence-electron chi connectivity index (χ2n) is 4.43. The molecule has 96 valence electrons. The summed E-state index contributed by atoms with van der Waals surface area (Å²) in [5.74, 6) is 0. The minimum atomic E-state index is 0.396. The Hall–Kier alpha value is -0.540. The van der Waals surface area contributed by atoms with Crippen LogP contribution in [-0.2, 0) is 0 Å². The fraction of sp³-hybridized carbons (Fsp3) is 0.571. The molecule has 0 saturated carbocycles. The molecule has 1 aromatic rings. The Bertz CT molecular complexity index is 298. The van der Waals surface area contributed by atoms with Crippen molar-refractivity contribution in [3.63, 3.8) is 0 Å². The minimum Gasteiger partial charge on any atom is -0.381 e. The van der Waals surface area contributed by atoms with Gasteiger partial charge in [-0.15, -0.1) is 0 Å². The first-order valence-electron chi connectivity index (χ1n) is 6.48. The summed E-state index contributed by atoms with van der Waals surface area (Å²) in [5.41, 5.74) is 6.95. The molecule has 3 heteroatoms. The highest BCUT2D eigenvalue weighted by molar-refractivity contribution is 9.10. The fourth-order valence-electron chi connectivity index (χ4n) is 1.85. The highest BCUT2D eigenvalue weighted by atomic mass is 79.9. The lowest BCUT2D eigenvalue weighted by molar-refractivity contribution is 0.575. The second kappa shape index (κ2) is 8.54. The van der Waals surface area contributed by atoms with Crippen LogP contribution in [0.15, 0.2) is 28.7 Å². The van der Waals surface area contributed by atoms with Crippen molar-refractivity contribution in [3.05, 3.63) is 28.7 Å². The summed E-state index contributed by atoms with van der Waals surface area (Å²) in [6.45, 7) is 2.93. The number of unbranched alkanes of at least 4 members (excludes halogenated alkanes) is 3. The molecule has 0 fully saturated rings. The molecule has 17 heavy (non-hydrogen) atoms. The van der Waals surface area contributed by atoms with Crippen LogP contribution in [-0.4, -0.2) is 12.6 Å². The van der Waals surface area contributed by atoms with Crippen molar-refractivity contribution in [1.82, 2.24) is 0 Å². The molecule has 0 bridgehead atoms. The van der Waals surface area contributed by atoms with Crippen LogP contribution in [0.5, 0.6) is 0 Å². The van der Waals surface area contributed by atoms with Gasteiger partial charge in [-0.05, 0) is 30.7 Å². The Morgan fingerprint density at radius 1 is 1.18 bits per heavy atom. The van der Waals surface area contributed by atoms with Crippen LogP contribution < -0.4 is 11.1 Å². The fourth-order valence-corrected chi connectivity index (χ4v) is 2.11. The van der Waals surface area contributed by atoms with Gasteiger partial charge in [-0.3, -0.25) is 0 Å². The number of benzene rings is 1. The van der Waals surface area contributed by atoms with E-state index in [1.165, 1.54) is 25.7 Å². The van der Waals surface area contributed by atoms with E-state index >= 15 is 0 Å². The molecule has 0 aromatic heterocycles. The van der Waals surface area contributed by atoms with Crippen molar-refractivity contribution in [3.8, 4) is 0 Å². The molecule has 0 heterocycles. The molecular formula is C14H23BrN2. The molecule has 1 atom stereocenters. The van der Waals surface area contributed by atoms with Crippen LogP contribution in [0, 0.1) is 0 Å². The van der Waals surface area contributed by atoms with Gasteiger partial charge in [0.2, 0.25) is 0 Å². The minimum absolute atomic E-state index is 0.396. The van der Waals surface area contributed by atoms with Crippen molar-refractivity contribution in [1.29, 1.82) is 0 Å². The van der Waals surface area contributed by atoms with Crippen molar-refractivity contribution in [2.45, 2.75) is 45.1 Å². The molecule has 0 aliphatic carbocycles. The Labute approximate surface area is 113 Å². The monoisotopic (exact) mass is 298 g/mol. The molecule has 1 rings (SSSR count). The SMILES string of the molecule is CCCCCCC(CN)Nc1ccc(Br)cc1. The van der Waals surface area contributed by atoms with Crippen molar-refractivity contribution in [2.75, 3.05) is 11.9 Å². The number of nitrogens with two attached hydrogens (primary N) is 1. The molecule has 0 aliphatic rings. The van der Waals surface area contributed by atoms with Crippen LogP contribution >= 0.6 is 15.9 Å². The number of halogens is 1. The lowest BCUT2D eigenvalue weighted by atomic mass is 10.1. The first kappa shape index (κ1) is 14.5. The first-order chi connectivity index (χ1) is 8.26. The second-order valence-corrected chi connectivity index (χ2v) is 5.35. The van der Waals surface area contributed by atoms with Crippen LogP contribution in [0.4, 0.5) is 5.69 Å². The van der Waals surface area contributed by atoms with Crippen LogP contribution in [0.25, 0.3) is 0 Å². The summed E-state index contributed by atoms with van der Waals surface area (Å²) in [4.78, 5) is 0. The molecule has 0 spiro atoms. The van der Waals surface area contributed by atoms with Gasteiger partial charge in [0, 0.05) is 22.7 Å². The van der Waals surface area contributed by atoms with Gasteiger partial charge in [-0.2, -0.15) is 0 Å². The van der Waals surface area contributed by atoms with E-state index in [1.54, 1.807) is 0 Å². The predicted molar refractivity (Wildman–Crippen MR) is 79.4 cm³/mol. The van der Waals surface area contributed by atoms with Gasteiger partial charge in [-0.1, -0.05) is 48.5 Å². The van der Waals surface area contributed by atoms with Gasteiger partial charge < -0.3 is 11.1 Å². The van der Waals surface area contributed by atoms with E-state index in [4.69, 9.17) is 5.73 Å². The van der Waals surface area contributed by atoms with Crippen molar-refractivity contribution in [2.24, 2.45) is 5.73 Å². The largest absolute Gasteiger partial charge is 0.381 e. The van der Waals surface area contributed by atoms with Crippen molar-refractivity contribution >= 4 is 21.6 Å². The number of nitrogens with one attached hydrogen (secondary N) is 1. The summed E-state index contributed by atoms with van der Waals surface area (Å²) in [7, 11) is 0. The Morgan fingerprint density at radius 3 is 2.47 bits per heavy atom. The zero-order valence-electron chi connectivity index (χ0n) is 10.6. The average molecular weight is 299 g/mol. The highest BCUT2D eigenvalue weighted by Gasteiger charge is 2.05. The highest BCUT2D eigenvalue weighted by Crippen LogP contribution is 2.16. The molecular weight excluding hydrogens is 276 g/mol. The lowest BCUT2D eigenvalue weighted by Crippen LogP contribution is -2.28. The molecule has 1 unspecified atom stereocenters. The third-order valence-corrected chi connectivity index (χ3v) is 3.43. The van der Waals surface area contributed by atoms with Crippen LogP contribution in [0.3, 0.4) is 0 Å². The molecule has 0 radical (unpaired) electrons. The maximum Gasteiger partial charge on any atom is 0.0383 e. The van der Waals surface area contributed by atoms with Crippen LogP contribution in [0.1, 0.15) is 39.0 Å². The Balaban J connectivity index is 2.33. The first-order valence-corrected chi connectivity index (χ1v) is 7.27. The van der Waals surface area contributed by atoms with E-state index < -0.39 is 0 Å². The maximum absolute atomic E-state index is 5.79. The Kier molecular flexibility index (Phi) is 7.29. The van der Waals surface area contributed by atoms with E-state index in [-0.39, 0.29) is 0 Å². The average Bonchev–Trinajstić information content (AvgIpc) is 2.35. The van der Waals surface area contributed by atoms with E-state index in [9.17, 15) is 0 Å². The van der Waals surface area contributed by atoms with Gasteiger partial charge in [0.15, 0.2) is 0 Å². The molecule has 1 aromatic carbocycles. The number of hydrogen-bond acceptors (Lipinski definition) is 2. The van der Waals surface area contributed by atoms with Gasteiger partial charge in [-0.25, -0.2) is 0 Å². The molecule has 3 N–H and O–H groups in total. The zero-order chi connectivity index (χ0) is 12.5. The molecule has 0 saturated heterocycles. The van der Waals surface area contributed by atoms with Gasteiger partial charge >= 0.3 is 0 Å². The lowest BCUT2D eigenvalue weighted by Gasteiger charge is -2.18. The standard InChI is InChI=1S/C14H23BrN2/c1-2-3-4-5-6-14(11-16)17-13-9-7-12(15)8-10-13/h7-10,14,17H,2-6,11,16H2,1H3. The summed E-state index contributed by atoms with van der Waals surface area (Å²) >= 11 is 3.44.